The maximum absolute atomic E-state index is 11.7. The lowest BCUT2D eigenvalue weighted by Crippen LogP contribution is -2.39. The summed E-state index contributed by atoms with van der Waals surface area (Å²) in [6.45, 7) is 10.5. The molecule has 0 radical (unpaired) electrons. The van der Waals surface area contributed by atoms with Crippen molar-refractivity contribution in [2.75, 3.05) is 6.54 Å². The van der Waals surface area contributed by atoms with E-state index >= 15 is 0 Å². The fourth-order valence-electron chi connectivity index (χ4n) is 4.78. The molecular formula is C26H33N5O2. The number of hydrogen-bond acceptors (Lipinski definition) is 5. The highest BCUT2D eigenvalue weighted by atomic mass is 16.3. The number of phenols is 1. The Bertz CT molecular complexity index is 1150. The molecule has 1 aliphatic heterocycles. The Morgan fingerprint density at radius 1 is 1.12 bits per heavy atom. The van der Waals surface area contributed by atoms with Crippen LogP contribution in [-0.4, -0.2) is 43.3 Å². The number of nitrogens with zero attached hydrogens (tertiary/aromatic N) is 4. The number of carbonyl (C=O) groups excluding carboxylic acids is 1. The van der Waals surface area contributed by atoms with Gasteiger partial charge in [0.15, 0.2) is 5.82 Å². The molecule has 1 saturated heterocycles. The molecule has 4 rings (SSSR count). The standard InChI is InChI=1S/C26H33N5O2/c1-16(2)21-13-22(24(32)12-17(21)3)26-29-28-18(4)31(26)15-20-9-7-19(8-10-20)14-30-11-5-6-23(30)25(27)33/h7-10,12-13,16,23,32H,5-6,11,14-15H2,1-4H3,(H2,27,33)/t23-/m0/s1. The van der Waals surface area contributed by atoms with Crippen molar-refractivity contribution in [3.8, 4) is 17.1 Å². The van der Waals surface area contributed by atoms with Crippen LogP contribution in [0.15, 0.2) is 36.4 Å². The number of nitrogens with two attached hydrogens (primary N) is 1. The molecule has 7 heteroatoms. The molecule has 2 aromatic carbocycles. The van der Waals surface area contributed by atoms with Crippen molar-refractivity contribution >= 4 is 5.91 Å². The summed E-state index contributed by atoms with van der Waals surface area (Å²) in [6, 6.07) is 12.1. The highest BCUT2D eigenvalue weighted by molar-refractivity contribution is 5.80. The number of rotatable bonds is 7. The summed E-state index contributed by atoms with van der Waals surface area (Å²) < 4.78 is 2.03. The van der Waals surface area contributed by atoms with Gasteiger partial charge >= 0.3 is 0 Å². The van der Waals surface area contributed by atoms with Gasteiger partial charge in [0.05, 0.1) is 18.2 Å². The largest absolute Gasteiger partial charge is 0.507 e. The number of aryl methyl sites for hydroxylation is 2. The van der Waals surface area contributed by atoms with E-state index in [1.807, 2.05) is 30.5 Å². The molecule has 3 N–H and O–H groups in total. The smallest absolute Gasteiger partial charge is 0.234 e. The fourth-order valence-corrected chi connectivity index (χ4v) is 4.78. The molecule has 174 valence electrons. The summed E-state index contributed by atoms with van der Waals surface area (Å²) in [6.07, 6.45) is 1.85. The molecule has 2 heterocycles. The monoisotopic (exact) mass is 447 g/mol. The van der Waals surface area contributed by atoms with Gasteiger partial charge in [-0.05, 0) is 73.5 Å². The lowest BCUT2D eigenvalue weighted by Gasteiger charge is -2.21. The number of aromatic hydroxyl groups is 1. The zero-order valence-corrected chi connectivity index (χ0v) is 19.9. The Morgan fingerprint density at radius 2 is 1.79 bits per heavy atom. The van der Waals surface area contributed by atoms with Crippen LogP contribution in [0.3, 0.4) is 0 Å². The minimum atomic E-state index is -0.236. The summed E-state index contributed by atoms with van der Waals surface area (Å²) in [7, 11) is 0. The Balaban J connectivity index is 1.56. The van der Waals surface area contributed by atoms with E-state index in [1.54, 1.807) is 0 Å². The number of primary amides is 1. The van der Waals surface area contributed by atoms with E-state index in [4.69, 9.17) is 5.73 Å². The number of aromatic nitrogens is 3. The first-order valence-corrected chi connectivity index (χ1v) is 11.6. The van der Waals surface area contributed by atoms with E-state index < -0.39 is 0 Å². The third-order valence-corrected chi connectivity index (χ3v) is 6.62. The average molecular weight is 448 g/mol. The highest BCUT2D eigenvalue weighted by Gasteiger charge is 2.28. The molecule has 1 aliphatic rings. The molecular weight excluding hydrogens is 414 g/mol. The predicted molar refractivity (Wildman–Crippen MR) is 129 cm³/mol. The van der Waals surface area contributed by atoms with Gasteiger partial charge < -0.3 is 15.4 Å². The van der Waals surface area contributed by atoms with Gasteiger partial charge in [0, 0.05) is 6.54 Å². The summed E-state index contributed by atoms with van der Waals surface area (Å²) in [4.78, 5) is 13.8. The van der Waals surface area contributed by atoms with Crippen molar-refractivity contribution in [3.05, 3.63) is 64.5 Å². The van der Waals surface area contributed by atoms with Crippen LogP contribution in [0.1, 0.15) is 60.7 Å². The zero-order chi connectivity index (χ0) is 23.7. The van der Waals surface area contributed by atoms with Gasteiger partial charge in [0.2, 0.25) is 5.91 Å². The molecule has 7 nitrogen and oxygen atoms in total. The van der Waals surface area contributed by atoms with E-state index in [0.717, 1.165) is 48.4 Å². The fraction of sp³-hybridized carbons (Fsp3) is 0.423. The summed E-state index contributed by atoms with van der Waals surface area (Å²) in [5.41, 5.74) is 10.8. The normalized spacial score (nSPS) is 16.6. The number of likely N-dealkylation sites (tertiary alicyclic amines) is 1. The third kappa shape index (κ3) is 4.78. The van der Waals surface area contributed by atoms with E-state index in [2.05, 4.69) is 53.2 Å². The second-order valence-corrected chi connectivity index (χ2v) is 9.38. The summed E-state index contributed by atoms with van der Waals surface area (Å²) >= 11 is 0. The van der Waals surface area contributed by atoms with Crippen molar-refractivity contribution in [2.24, 2.45) is 5.73 Å². The molecule has 1 amide bonds. The topological polar surface area (TPSA) is 97.3 Å². The number of carbonyl (C=O) groups is 1. The first-order chi connectivity index (χ1) is 15.7. The van der Waals surface area contributed by atoms with Crippen LogP contribution in [0.2, 0.25) is 0 Å². The highest BCUT2D eigenvalue weighted by Crippen LogP contribution is 2.34. The molecule has 0 spiro atoms. The molecule has 33 heavy (non-hydrogen) atoms. The lowest BCUT2D eigenvalue weighted by atomic mass is 9.95. The first-order valence-electron chi connectivity index (χ1n) is 11.6. The van der Waals surface area contributed by atoms with Gasteiger partial charge in [-0.25, -0.2) is 0 Å². The lowest BCUT2D eigenvalue weighted by molar-refractivity contribution is -0.122. The molecule has 0 unspecified atom stereocenters. The maximum Gasteiger partial charge on any atom is 0.234 e. The Labute approximate surface area is 195 Å². The van der Waals surface area contributed by atoms with E-state index in [0.29, 0.717) is 23.9 Å². The van der Waals surface area contributed by atoms with Crippen LogP contribution in [-0.2, 0) is 17.9 Å². The second kappa shape index (κ2) is 9.35. The minimum absolute atomic E-state index is 0.162. The quantitative estimate of drug-likeness (QED) is 0.573. The number of benzene rings is 2. The molecule has 3 aromatic rings. The van der Waals surface area contributed by atoms with E-state index in [-0.39, 0.29) is 17.7 Å². The minimum Gasteiger partial charge on any atom is -0.507 e. The van der Waals surface area contributed by atoms with Gasteiger partial charge in [-0.2, -0.15) is 0 Å². The molecule has 0 bridgehead atoms. The van der Waals surface area contributed by atoms with E-state index in [1.165, 1.54) is 5.56 Å². The molecule has 0 saturated carbocycles. The van der Waals surface area contributed by atoms with Crippen molar-refractivity contribution in [1.82, 2.24) is 19.7 Å². The van der Waals surface area contributed by atoms with Crippen LogP contribution >= 0.6 is 0 Å². The Kier molecular flexibility index (Phi) is 6.51. The number of phenolic OH excluding ortho intramolecular Hbond substituents is 1. The average Bonchev–Trinajstić information content (AvgIpc) is 3.36. The summed E-state index contributed by atoms with van der Waals surface area (Å²) in [5, 5.41) is 19.3. The Hall–Kier alpha value is -3.19. The maximum atomic E-state index is 11.7. The Morgan fingerprint density at radius 3 is 2.42 bits per heavy atom. The number of amides is 1. The van der Waals surface area contributed by atoms with Gasteiger partial charge in [-0.1, -0.05) is 38.1 Å². The molecule has 1 atom stereocenters. The second-order valence-electron chi connectivity index (χ2n) is 9.38. The van der Waals surface area contributed by atoms with Crippen molar-refractivity contribution in [3.63, 3.8) is 0 Å². The van der Waals surface area contributed by atoms with Crippen LogP contribution in [0, 0.1) is 13.8 Å². The first kappa shape index (κ1) is 23.0. The van der Waals surface area contributed by atoms with Crippen LogP contribution < -0.4 is 5.73 Å². The molecule has 0 aliphatic carbocycles. The van der Waals surface area contributed by atoms with Crippen LogP contribution in [0.5, 0.6) is 5.75 Å². The van der Waals surface area contributed by atoms with Crippen LogP contribution in [0.25, 0.3) is 11.4 Å². The van der Waals surface area contributed by atoms with Crippen molar-refractivity contribution < 1.29 is 9.90 Å². The zero-order valence-electron chi connectivity index (χ0n) is 19.9. The predicted octanol–water partition coefficient (Wildman–Crippen LogP) is 3.89. The van der Waals surface area contributed by atoms with Gasteiger partial charge in [0.25, 0.3) is 0 Å². The van der Waals surface area contributed by atoms with Crippen molar-refractivity contribution in [2.45, 2.75) is 65.6 Å². The van der Waals surface area contributed by atoms with Gasteiger partial charge in [-0.15, -0.1) is 10.2 Å². The number of hydrogen-bond donors (Lipinski definition) is 2. The third-order valence-electron chi connectivity index (χ3n) is 6.62. The van der Waals surface area contributed by atoms with Gasteiger partial charge in [0.1, 0.15) is 11.6 Å². The molecule has 1 fully saturated rings. The van der Waals surface area contributed by atoms with Crippen LogP contribution in [0.4, 0.5) is 0 Å². The van der Waals surface area contributed by atoms with Crippen molar-refractivity contribution in [1.29, 1.82) is 0 Å². The van der Waals surface area contributed by atoms with Gasteiger partial charge in [-0.3, -0.25) is 9.69 Å². The SMILES string of the molecule is Cc1cc(O)c(-c2nnc(C)n2Cc2ccc(CN3CCC[C@H]3C(N)=O)cc2)cc1C(C)C. The molecule has 1 aromatic heterocycles. The summed E-state index contributed by atoms with van der Waals surface area (Å²) in [5.74, 6) is 1.79. The van der Waals surface area contributed by atoms with E-state index in [9.17, 15) is 9.90 Å².